The molecule has 3 amide bonds. The Labute approximate surface area is 312 Å². The number of amides is 3. The molecule has 2 aromatic carbocycles. The second-order valence-electron chi connectivity index (χ2n) is 15.4. The molecule has 3 aromatic rings. The summed E-state index contributed by atoms with van der Waals surface area (Å²) in [5, 5.41) is 30.6. The number of aliphatic hydroxyl groups is 1. The first-order valence-electron chi connectivity index (χ1n) is 18.0. The van der Waals surface area contributed by atoms with Gasteiger partial charge in [-0.1, -0.05) is 70.2 Å². The maximum absolute atomic E-state index is 14.1. The van der Waals surface area contributed by atoms with Crippen LogP contribution in [0.1, 0.15) is 70.5 Å². The number of nitrogens with one attached hydrogen (secondary N) is 2. The van der Waals surface area contributed by atoms with E-state index in [1.165, 1.54) is 23.3 Å². The summed E-state index contributed by atoms with van der Waals surface area (Å²) < 4.78 is 5.55. The monoisotopic (exact) mass is 736 g/mol. The van der Waals surface area contributed by atoms with Crippen LogP contribution in [0.25, 0.3) is 0 Å². The summed E-state index contributed by atoms with van der Waals surface area (Å²) in [7, 11) is 1.53. The Balaban J connectivity index is 1.53. The standard InChI is InChI=1S/C39H56N6O6S/c1-25(2)34(43(8)38(50)51-33-24-52-37(41-33)26(3)4)36(49)40-30(20-27-13-10-9-11-14-27)32(47)23-45-18-17-44(21-28-15-12-16-29(46)19-28)22-31(45)35(48)42-39(5,6)7/h9-16,19,24-26,30-32,34,46-47H,17-18,20-23H2,1-8H3,(H,40,49)(H,42,48)/t30-,31-,32+,34-/m0/s1. The Morgan fingerprint density at radius 1 is 1.04 bits per heavy atom. The third kappa shape index (κ3) is 11.7. The van der Waals surface area contributed by atoms with Gasteiger partial charge < -0.3 is 25.6 Å². The molecular weight excluding hydrogens is 681 g/mol. The molecule has 4 N–H and O–H groups in total. The van der Waals surface area contributed by atoms with Crippen molar-refractivity contribution in [1.29, 1.82) is 0 Å². The molecule has 284 valence electrons. The number of carbonyl (C=O) groups excluding carboxylic acids is 3. The van der Waals surface area contributed by atoms with Crippen molar-refractivity contribution in [2.45, 2.75) is 97.1 Å². The van der Waals surface area contributed by atoms with E-state index in [-0.39, 0.29) is 35.9 Å². The van der Waals surface area contributed by atoms with Crippen molar-refractivity contribution in [1.82, 2.24) is 30.3 Å². The quantitative estimate of drug-likeness (QED) is 0.186. The molecule has 0 bridgehead atoms. The summed E-state index contributed by atoms with van der Waals surface area (Å²) in [4.78, 5) is 50.9. The van der Waals surface area contributed by atoms with Crippen LogP contribution in [0.5, 0.6) is 11.6 Å². The van der Waals surface area contributed by atoms with E-state index in [0.29, 0.717) is 32.6 Å². The van der Waals surface area contributed by atoms with Gasteiger partial charge in [-0.05, 0) is 56.4 Å². The maximum atomic E-state index is 14.1. The summed E-state index contributed by atoms with van der Waals surface area (Å²) in [6.45, 7) is 15.8. The Kier molecular flexibility index (Phi) is 14.2. The Hall–Kier alpha value is -4.04. The zero-order chi connectivity index (χ0) is 38.2. The number of likely N-dealkylation sites (N-methyl/N-ethyl adjacent to an activating group) is 1. The number of aromatic hydroxyl groups is 1. The van der Waals surface area contributed by atoms with Crippen LogP contribution in [0.4, 0.5) is 4.79 Å². The first kappa shape index (κ1) is 40.7. The minimum atomic E-state index is -1.05. The molecule has 1 aliphatic rings. The van der Waals surface area contributed by atoms with Crippen molar-refractivity contribution in [2.24, 2.45) is 5.92 Å². The highest BCUT2D eigenvalue weighted by molar-refractivity contribution is 7.09. The molecule has 4 atom stereocenters. The van der Waals surface area contributed by atoms with E-state index in [0.717, 1.165) is 16.1 Å². The molecular formula is C39H56N6O6S. The predicted molar refractivity (Wildman–Crippen MR) is 203 cm³/mol. The second-order valence-corrected chi connectivity index (χ2v) is 16.3. The highest BCUT2D eigenvalue weighted by Crippen LogP contribution is 2.25. The molecule has 12 nitrogen and oxygen atoms in total. The fourth-order valence-corrected chi connectivity index (χ4v) is 7.16. The second kappa shape index (κ2) is 18.1. The minimum absolute atomic E-state index is 0.131. The summed E-state index contributed by atoms with van der Waals surface area (Å²) >= 11 is 1.41. The Morgan fingerprint density at radius 3 is 2.35 bits per heavy atom. The number of thiazole rings is 1. The number of hydrogen-bond acceptors (Lipinski definition) is 10. The topological polar surface area (TPSA) is 148 Å². The largest absolute Gasteiger partial charge is 0.508 e. The summed E-state index contributed by atoms with van der Waals surface area (Å²) in [6.07, 6.45) is -1.42. The number of benzene rings is 2. The van der Waals surface area contributed by atoms with Crippen LogP contribution in [0.2, 0.25) is 0 Å². The maximum Gasteiger partial charge on any atom is 0.417 e. The minimum Gasteiger partial charge on any atom is -0.508 e. The molecule has 0 aliphatic carbocycles. The number of nitrogens with zero attached hydrogens (tertiary/aromatic N) is 4. The molecule has 1 aliphatic heterocycles. The molecule has 2 heterocycles. The number of piperazine rings is 1. The van der Waals surface area contributed by atoms with Crippen LogP contribution < -0.4 is 15.4 Å². The van der Waals surface area contributed by atoms with Gasteiger partial charge in [-0.15, -0.1) is 11.3 Å². The highest BCUT2D eigenvalue weighted by atomic mass is 32.1. The van der Waals surface area contributed by atoms with Gasteiger partial charge in [-0.3, -0.25) is 24.3 Å². The van der Waals surface area contributed by atoms with Gasteiger partial charge in [-0.2, -0.15) is 0 Å². The number of aromatic nitrogens is 1. The first-order valence-corrected chi connectivity index (χ1v) is 18.9. The lowest BCUT2D eigenvalue weighted by Crippen LogP contribution is -2.63. The van der Waals surface area contributed by atoms with Crippen LogP contribution in [0.15, 0.2) is 60.0 Å². The van der Waals surface area contributed by atoms with Gasteiger partial charge in [0, 0.05) is 51.2 Å². The molecule has 1 aromatic heterocycles. The lowest BCUT2D eigenvalue weighted by atomic mass is 9.97. The van der Waals surface area contributed by atoms with E-state index in [1.54, 1.807) is 23.6 Å². The van der Waals surface area contributed by atoms with Crippen LogP contribution in [-0.4, -0.2) is 111 Å². The third-order valence-electron chi connectivity index (χ3n) is 9.00. The van der Waals surface area contributed by atoms with E-state index in [2.05, 4.69) is 20.5 Å². The normalized spacial score (nSPS) is 17.4. The van der Waals surface area contributed by atoms with Crippen LogP contribution >= 0.6 is 11.3 Å². The van der Waals surface area contributed by atoms with Crippen molar-refractivity contribution in [2.75, 3.05) is 33.2 Å². The predicted octanol–water partition coefficient (Wildman–Crippen LogP) is 4.62. The van der Waals surface area contributed by atoms with E-state index >= 15 is 0 Å². The Morgan fingerprint density at radius 2 is 1.73 bits per heavy atom. The lowest BCUT2D eigenvalue weighted by Gasteiger charge is -2.43. The molecule has 0 spiro atoms. The van der Waals surface area contributed by atoms with Gasteiger partial charge in [0.05, 0.1) is 22.5 Å². The van der Waals surface area contributed by atoms with Gasteiger partial charge in [0.15, 0.2) is 0 Å². The van der Waals surface area contributed by atoms with Gasteiger partial charge >= 0.3 is 6.09 Å². The van der Waals surface area contributed by atoms with E-state index in [1.807, 2.05) is 89.8 Å². The van der Waals surface area contributed by atoms with E-state index in [4.69, 9.17) is 4.74 Å². The van der Waals surface area contributed by atoms with Gasteiger partial charge in [0.2, 0.25) is 17.7 Å². The van der Waals surface area contributed by atoms with Crippen molar-refractivity contribution >= 4 is 29.2 Å². The summed E-state index contributed by atoms with van der Waals surface area (Å²) in [5.74, 6) is -0.279. The van der Waals surface area contributed by atoms with Crippen LogP contribution in [-0.2, 0) is 22.6 Å². The van der Waals surface area contributed by atoms with E-state index in [9.17, 15) is 24.6 Å². The van der Waals surface area contributed by atoms with Crippen molar-refractivity contribution in [3.05, 3.63) is 76.1 Å². The number of hydrogen-bond donors (Lipinski definition) is 4. The summed E-state index contributed by atoms with van der Waals surface area (Å²) in [6, 6.07) is 14.5. The zero-order valence-corrected chi connectivity index (χ0v) is 32.5. The Bertz CT molecular complexity index is 1630. The van der Waals surface area contributed by atoms with Gasteiger partial charge in [-0.25, -0.2) is 9.78 Å². The number of aliphatic hydroxyl groups excluding tert-OH is 1. The number of rotatable bonds is 14. The lowest BCUT2D eigenvalue weighted by molar-refractivity contribution is -0.132. The van der Waals surface area contributed by atoms with Crippen molar-refractivity contribution in [3.8, 4) is 11.6 Å². The van der Waals surface area contributed by atoms with Gasteiger partial charge in [0.25, 0.3) is 0 Å². The van der Waals surface area contributed by atoms with E-state index < -0.39 is 41.8 Å². The fourth-order valence-electron chi connectivity index (χ4n) is 6.43. The first-order chi connectivity index (χ1) is 24.5. The number of β-amino-alcohol motifs (C(OH)–C–C–N with tert-alkyl or cyclic N) is 1. The average molecular weight is 737 g/mol. The van der Waals surface area contributed by atoms with Gasteiger partial charge in [0.1, 0.15) is 17.8 Å². The smallest absolute Gasteiger partial charge is 0.417 e. The number of ether oxygens (including phenoxy) is 1. The summed E-state index contributed by atoms with van der Waals surface area (Å²) in [5.41, 5.74) is 1.39. The number of phenolic OH excluding ortho intramolecular Hbond substituents is 1. The SMILES string of the molecule is CC(C)c1nc(OC(=O)N(C)[C@H](C(=O)N[C@@H](Cc2ccccc2)[C@H](O)CN2CCN(Cc3cccc(O)c3)C[C@H]2C(=O)NC(C)(C)C)C(C)C)cs1. The molecule has 4 rings (SSSR count). The molecule has 52 heavy (non-hydrogen) atoms. The fraction of sp³-hybridized carbons (Fsp3) is 0.538. The third-order valence-corrected chi connectivity index (χ3v) is 10.1. The van der Waals surface area contributed by atoms with Crippen LogP contribution in [0, 0.1) is 5.92 Å². The van der Waals surface area contributed by atoms with Crippen LogP contribution in [0.3, 0.4) is 0 Å². The highest BCUT2D eigenvalue weighted by Gasteiger charge is 2.38. The number of phenols is 1. The molecule has 0 unspecified atom stereocenters. The molecule has 13 heteroatoms. The molecule has 1 fully saturated rings. The zero-order valence-electron chi connectivity index (χ0n) is 31.7. The van der Waals surface area contributed by atoms with Crippen molar-refractivity contribution < 1.29 is 29.3 Å². The molecule has 1 saturated heterocycles. The van der Waals surface area contributed by atoms with Crippen molar-refractivity contribution in [3.63, 3.8) is 0 Å². The molecule has 0 radical (unpaired) electrons. The molecule has 0 saturated carbocycles. The average Bonchev–Trinajstić information content (AvgIpc) is 3.53. The number of carbonyl (C=O) groups is 3.